The van der Waals surface area contributed by atoms with Crippen molar-refractivity contribution in [3.8, 4) is 11.1 Å². The van der Waals surface area contributed by atoms with E-state index in [2.05, 4.69) is 17.6 Å². The van der Waals surface area contributed by atoms with Crippen molar-refractivity contribution in [2.45, 2.75) is 24.9 Å². The van der Waals surface area contributed by atoms with Crippen LogP contribution >= 0.6 is 0 Å². The van der Waals surface area contributed by atoms with E-state index in [1.54, 1.807) is 0 Å². The zero-order chi connectivity index (χ0) is 18.1. The molecule has 0 spiro atoms. The number of benzene rings is 2. The number of nitrogens with one attached hydrogen (secondary N) is 1. The summed E-state index contributed by atoms with van der Waals surface area (Å²) in [6.45, 7) is 0.157. The van der Waals surface area contributed by atoms with Crippen molar-refractivity contribution in [1.82, 2.24) is 5.48 Å². The molecule has 0 aliphatic heterocycles. The van der Waals surface area contributed by atoms with Crippen LogP contribution in [0.2, 0.25) is 0 Å². The van der Waals surface area contributed by atoms with Crippen molar-refractivity contribution in [3.63, 3.8) is 0 Å². The van der Waals surface area contributed by atoms with Crippen LogP contribution in [0, 0.1) is 5.92 Å². The van der Waals surface area contributed by atoms with Crippen molar-refractivity contribution in [2.75, 3.05) is 6.61 Å². The minimum Gasteiger partial charge on any atom is -0.479 e. The lowest BCUT2D eigenvalue weighted by Crippen LogP contribution is -2.36. The Bertz CT molecular complexity index is 800. The average molecular weight is 353 g/mol. The van der Waals surface area contributed by atoms with E-state index in [1.165, 1.54) is 0 Å². The Hall–Kier alpha value is -2.86. The third kappa shape index (κ3) is 3.15. The molecule has 0 heterocycles. The van der Waals surface area contributed by atoms with Crippen LogP contribution in [0.4, 0.5) is 4.79 Å². The van der Waals surface area contributed by atoms with Crippen LogP contribution in [0.5, 0.6) is 0 Å². The van der Waals surface area contributed by atoms with E-state index in [1.807, 2.05) is 36.4 Å². The van der Waals surface area contributed by atoms with Gasteiger partial charge in [0.25, 0.3) is 0 Å². The molecule has 1 atom stereocenters. The Morgan fingerprint density at radius 3 is 2.15 bits per heavy atom. The number of aliphatic carboxylic acids is 1. The fourth-order valence-corrected chi connectivity index (χ4v) is 3.49. The molecule has 2 aliphatic carbocycles. The van der Waals surface area contributed by atoms with Gasteiger partial charge in [0.15, 0.2) is 6.10 Å². The van der Waals surface area contributed by atoms with Crippen LogP contribution in [0.15, 0.2) is 48.5 Å². The number of carbonyl (C=O) groups excluding carboxylic acids is 1. The van der Waals surface area contributed by atoms with E-state index in [4.69, 9.17) is 14.7 Å². The van der Waals surface area contributed by atoms with Crippen molar-refractivity contribution >= 4 is 12.1 Å². The second kappa shape index (κ2) is 6.80. The molecule has 6 nitrogen and oxygen atoms in total. The van der Waals surface area contributed by atoms with E-state index in [9.17, 15) is 9.59 Å². The van der Waals surface area contributed by atoms with E-state index < -0.39 is 18.2 Å². The summed E-state index contributed by atoms with van der Waals surface area (Å²) >= 11 is 0. The highest BCUT2D eigenvalue weighted by Gasteiger charge is 2.38. The Balaban J connectivity index is 1.40. The number of hydroxylamine groups is 1. The standard InChI is InChI=1S/C20H19NO5/c22-19(23)18(12-9-10-12)26-21-20(24)25-11-17-15-7-3-1-5-13(15)14-6-2-4-8-16(14)17/h1-8,12,17-18H,9-11H2,(H,21,24)(H,22,23). The molecule has 1 unspecified atom stereocenters. The molecule has 0 aromatic heterocycles. The maximum Gasteiger partial charge on any atom is 0.431 e. The largest absolute Gasteiger partial charge is 0.479 e. The van der Waals surface area contributed by atoms with Gasteiger partial charge in [-0.15, -0.1) is 0 Å². The lowest BCUT2D eigenvalue weighted by atomic mass is 9.98. The summed E-state index contributed by atoms with van der Waals surface area (Å²) < 4.78 is 5.30. The summed E-state index contributed by atoms with van der Waals surface area (Å²) in [4.78, 5) is 28.1. The van der Waals surface area contributed by atoms with Gasteiger partial charge >= 0.3 is 12.1 Å². The molecule has 0 saturated heterocycles. The monoisotopic (exact) mass is 353 g/mol. The number of rotatable bonds is 6. The second-order valence-corrected chi connectivity index (χ2v) is 6.64. The first-order valence-electron chi connectivity index (χ1n) is 8.64. The third-order valence-electron chi connectivity index (χ3n) is 4.91. The molecule has 2 aromatic carbocycles. The number of ether oxygens (including phenoxy) is 1. The van der Waals surface area contributed by atoms with Gasteiger partial charge in [0.1, 0.15) is 6.61 Å². The topological polar surface area (TPSA) is 84.9 Å². The Kier molecular flexibility index (Phi) is 4.34. The normalized spacial score (nSPS) is 16.5. The number of carboxylic acid groups (broad SMARTS) is 1. The van der Waals surface area contributed by atoms with Gasteiger partial charge in [0.2, 0.25) is 0 Å². The van der Waals surface area contributed by atoms with Crippen molar-refractivity contribution < 1.29 is 24.3 Å². The summed E-state index contributed by atoms with van der Waals surface area (Å²) in [6.07, 6.45) is -0.207. The van der Waals surface area contributed by atoms with Crippen molar-refractivity contribution in [2.24, 2.45) is 5.92 Å². The SMILES string of the molecule is O=C(NOC(C(=O)O)C1CC1)OCC1c2ccccc2-c2ccccc21. The van der Waals surface area contributed by atoms with Gasteiger partial charge in [-0.3, -0.25) is 4.84 Å². The molecule has 0 bridgehead atoms. The van der Waals surface area contributed by atoms with Gasteiger partial charge in [-0.25, -0.2) is 9.59 Å². The lowest BCUT2D eigenvalue weighted by Gasteiger charge is -2.16. The predicted molar refractivity (Wildman–Crippen MR) is 93.4 cm³/mol. The second-order valence-electron chi connectivity index (χ2n) is 6.64. The van der Waals surface area contributed by atoms with E-state index in [0.29, 0.717) is 0 Å². The van der Waals surface area contributed by atoms with Crippen LogP contribution in [-0.2, 0) is 14.4 Å². The van der Waals surface area contributed by atoms with Crippen LogP contribution in [0.1, 0.15) is 29.9 Å². The lowest BCUT2D eigenvalue weighted by molar-refractivity contribution is -0.156. The maximum absolute atomic E-state index is 11.9. The molecule has 2 aliphatic rings. The third-order valence-corrected chi connectivity index (χ3v) is 4.91. The molecular weight excluding hydrogens is 334 g/mol. The van der Waals surface area contributed by atoms with Gasteiger partial charge < -0.3 is 9.84 Å². The number of carbonyl (C=O) groups is 2. The van der Waals surface area contributed by atoms with Gasteiger partial charge in [0.05, 0.1) is 0 Å². The zero-order valence-electron chi connectivity index (χ0n) is 14.1. The minimum absolute atomic E-state index is 0.0404. The smallest absolute Gasteiger partial charge is 0.431 e. The van der Waals surface area contributed by atoms with E-state index in [0.717, 1.165) is 35.1 Å². The number of hydrogen-bond donors (Lipinski definition) is 2. The van der Waals surface area contributed by atoms with Crippen molar-refractivity contribution in [3.05, 3.63) is 59.7 Å². The summed E-state index contributed by atoms with van der Waals surface area (Å²) in [5, 5.41) is 9.10. The first kappa shape index (κ1) is 16.6. The first-order valence-corrected chi connectivity index (χ1v) is 8.64. The zero-order valence-corrected chi connectivity index (χ0v) is 14.1. The Morgan fingerprint density at radius 2 is 1.62 bits per heavy atom. The molecule has 1 amide bonds. The highest BCUT2D eigenvalue weighted by atomic mass is 16.7. The number of carboxylic acids is 1. The van der Waals surface area contributed by atoms with E-state index >= 15 is 0 Å². The Labute approximate surface area is 150 Å². The summed E-state index contributed by atoms with van der Waals surface area (Å²) in [5.41, 5.74) is 6.64. The van der Waals surface area contributed by atoms with Gasteiger partial charge in [0, 0.05) is 5.92 Å². The Morgan fingerprint density at radius 1 is 1.04 bits per heavy atom. The summed E-state index contributed by atoms with van der Waals surface area (Å²) in [5.74, 6) is -1.17. The molecule has 1 saturated carbocycles. The minimum atomic E-state index is -1.08. The molecule has 134 valence electrons. The molecule has 1 fully saturated rings. The number of amides is 1. The van der Waals surface area contributed by atoms with Crippen LogP contribution in [-0.4, -0.2) is 29.9 Å². The molecule has 26 heavy (non-hydrogen) atoms. The van der Waals surface area contributed by atoms with Crippen LogP contribution < -0.4 is 5.48 Å². The number of hydrogen-bond acceptors (Lipinski definition) is 4. The number of fused-ring (bicyclic) bond motifs is 3. The highest BCUT2D eigenvalue weighted by Crippen LogP contribution is 2.44. The van der Waals surface area contributed by atoms with Gasteiger partial charge in [-0.2, -0.15) is 5.48 Å². The predicted octanol–water partition coefficient (Wildman–Crippen LogP) is 3.32. The first-order chi connectivity index (χ1) is 12.6. The quantitative estimate of drug-likeness (QED) is 0.778. The van der Waals surface area contributed by atoms with Gasteiger partial charge in [-0.1, -0.05) is 48.5 Å². The summed E-state index contributed by atoms with van der Waals surface area (Å²) in [7, 11) is 0. The average Bonchev–Trinajstić information content (AvgIpc) is 3.42. The van der Waals surface area contributed by atoms with Gasteiger partial charge in [-0.05, 0) is 41.0 Å². The van der Waals surface area contributed by atoms with Crippen molar-refractivity contribution in [1.29, 1.82) is 0 Å². The van der Waals surface area contributed by atoms with Crippen LogP contribution in [0.25, 0.3) is 11.1 Å². The highest BCUT2D eigenvalue weighted by molar-refractivity contribution is 5.79. The molecular formula is C20H19NO5. The molecule has 2 aromatic rings. The maximum atomic E-state index is 11.9. The fraction of sp³-hybridized carbons (Fsp3) is 0.300. The molecule has 2 N–H and O–H groups in total. The van der Waals surface area contributed by atoms with E-state index in [-0.39, 0.29) is 18.4 Å². The fourth-order valence-electron chi connectivity index (χ4n) is 3.49. The molecule has 4 rings (SSSR count). The summed E-state index contributed by atoms with van der Waals surface area (Å²) in [6, 6.07) is 16.1. The molecule has 0 radical (unpaired) electrons. The molecule has 6 heteroatoms. The van der Waals surface area contributed by atoms with Crippen LogP contribution in [0.3, 0.4) is 0 Å².